The molecule has 0 spiro atoms. The number of halogens is 2. The first kappa shape index (κ1) is 23.2. The van der Waals surface area contributed by atoms with Crippen LogP contribution in [0.3, 0.4) is 0 Å². The number of fused-ring (bicyclic) bond motifs is 5. The summed E-state index contributed by atoms with van der Waals surface area (Å²) in [6.07, 6.45) is 4.54. The Morgan fingerprint density at radius 1 is 1.00 bits per heavy atom. The molecule has 4 atom stereocenters. The lowest BCUT2D eigenvalue weighted by Gasteiger charge is -2.31. The minimum atomic E-state index is -0.819. The van der Waals surface area contributed by atoms with E-state index >= 15 is 0 Å². The molecule has 1 heterocycles. The minimum absolute atomic E-state index is 0.0237. The fraction of sp³-hybridized carbons (Fsp3) is 0.250. The number of carbonyl (C=O) groups excluding carboxylic acids is 4. The molecule has 0 unspecified atom stereocenters. The molecule has 2 fully saturated rings. The lowest BCUT2D eigenvalue weighted by molar-refractivity contribution is -0.384. The summed E-state index contributed by atoms with van der Waals surface area (Å²) in [6.45, 7) is -0.642. The molecular formula is C24H17Cl2N3O6. The van der Waals surface area contributed by atoms with Crippen LogP contribution in [0.4, 0.5) is 5.69 Å². The highest BCUT2D eigenvalue weighted by molar-refractivity contribution is 6.37. The first-order valence-electron chi connectivity index (χ1n) is 10.8. The number of non-ortho nitro benzene ring substituents is 1. The number of hydrogen-bond donors (Lipinski definition) is 0. The summed E-state index contributed by atoms with van der Waals surface area (Å²) in [5.41, 5.74) is -0.189. The van der Waals surface area contributed by atoms with Crippen molar-refractivity contribution in [1.29, 1.82) is 0 Å². The van der Waals surface area contributed by atoms with Crippen molar-refractivity contribution in [2.24, 2.45) is 23.7 Å². The lowest BCUT2D eigenvalue weighted by atomic mass is 9.85. The zero-order valence-electron chi connectivity index (χ0n) is 18.0. The number of rotatable bonds is 6. The highest BCUT2D eigenvalue weighted by Gasteiger charge is 2.61. The van der Waals surface area contributed by atoms with Gasteiger partial charge in [0.25, 0.3) is 23.4 Å². The highest BCUT2D eigenvalue weighted by Crippen LogP contribution is 2.52. The van der Waals surface area contributed by atoms with Gasteiger partial charge in [-0.2, -0.15) is 5.01 Å². The quantitative estimate of drug-likeness (QED) is 0.189. The normalized spacial score (nSPS) is 24.1. The van der Waals surface area contributed by atoms with Crippen LogP contribution >= 0.6 is 23.2 Å². The predicted octanol–water partition coefficient (Wildman–Crippen LogP) is 3.95. The van der Waals surface area contributed by atoms with Crippen molar-refractivity contribution in [3.05, 3.63) is 85.9 Å². The van der Waals surface area contributed by atoms with E-state index in [0.29, 0.717) is 11.4 Å². The van der Waals surface area contributed by atoms with E-state index in [1.54, 1.807) is 0 Å². The third-order valence-corrected chi connectivity index (χ3v) is 7.32. The second-order valence-corrected chi connectivity index (χ2v) is 9.55. The Kier molecular flexibility index (Phi) is 5.69. The van der Waals surface area contributed by atoms with Crippen LogP contribution in [0, 0.1) is 33.8 Å². The lowest BCUT2D eigenvalue weighted by Crippen LogP contribution is -2.52. The van der Waals surface area contributed by atoms with Crippen molar-refractivity contribution in [3.8, 4) is 0 Å². The van der Waals surface area contributed by atoms with Crippen molar-refractivity contribution in [1.82, 2.24) is 10.0 Å². The summed E-state index contributed by atoms with van der Waals surface area (Å²) < 4.78 is 0. The van der Waals surface area contributed by atoms with E-state index in [4.69, 9.17) is 23.2 Å². The van der Waals surface area contributed by atoms with E-state index in [9.17, 15) is 29.3 Å². The average Bonchev–Trinajstić information content (AvgIpc) is 3.51. The molecule has 2 aliphatic carbocycles. The van der Waals surface area contributed by atoms with Crippen molar-refractivity contribution in [3.63, 3.8) is 0 Å². The molecule has 0 aromatic heterocycles. The van der Waals surface area contributed by atoms with Crippen LogP contribution in [0.2, 0.25) is 10.0 Å². The summed E-state index contributed by atoms with van der Waals surface area (Å²) in [6, 6.07) is 8.93. The van der Waals surface area contributed by atoms with Crippen molar-refractivity contribution in [2.75, 3.05) is 6.54 Å². The Balaban J connectivity index is 1.51. The molecule has 1 saturated carbocycles. The van der Waals surface area contributed by atoms with Gasteiger partial charge >= 0.3 is 0 Å². The number of Topliss-reactive ketones (excluding diaryl/α,β-unsaturated/α-hetero) is 1. The van der Waals surface area contributed by atoms with Gasteiger partial charge in [-0.15, -0.1) is 0 Å². The fourth-order valence-corrected chi connectivity index (χ4v) is 5.68. The zero-order chi connectivity index (χ0) is 25.0. The standard InChI is InChI=1S/C24H17Cl2N3O6/c25-15-5-8-17(18(26)10-15)19(30)11-27(22(31)12-3-6-16(7-4-12)29(34)35)28-23(32)20-13-1-2-14(9-13)21(20)24(28)33/h1-8,10,13-14,20-21H,9,11H2/t13-,14-,20+,21+/m0/s1. The van der Waals surface area contributed by atoms with Gasteiger partial charge in [-0.3, -0.25) is 29.3 Å². The van der Waals surface area contributed by atoms with E-state index in [1.165, 1.54) is 30.3 Å². The maximum Gasteiger partial charge on any atom is 0.273 e. The molecule has 1 saturated heterocycles. The number of nitro groups is 1. The van der Waals surface area contributed by atoms with Crippen molar-refractivity contribution < 1.29 is 24.1 Å². The molecule has 35 heavy (non-hydrogen) atoms. The van der Waals surface area contributed by atoms with Crippen LogP contribution in [-0.2, 0) is 9.59 Å². The summed E-state index contributed by atoms with van der Waals surface area (Å²) in [5, 5.41) is 12.9. The topological polar surface area (TPSA) is 118 Å². The molecule has 9 nitrogen and oxygen atoms in total. The van der Waals surface area contributed by atoms with E-state index in [2.05, 4.69) is 0 Å². The number of nitrogens with zero attached hydrogens (tertiary/aromatic N) is 3. The monoisotopic (exact) mass is 513 g/mol. The second-order valence-electron chi connectivity index (χ2n) is 8.70. The number of amides is 3. The third-order valence-electron chi connectivity index (χ3n) is 6.77. The van der Waals surface area contributed by atoms with Crippen molar-refractivity contribution >= 4 is 52.4 Å². The Morgan fingerprint density at radius 2 is 1.60 bits per heavy atom. The van der Waals surface area contributed by atoms with Crippen LogP contribution in [0.25, 0.3) is 0 Å². The number of benzene rings is 2. The van der Waals surface area contributed by atoms with Gasteiger partial charge in [0.1, 0.15) is 6.54 Å². The average molecular weight is 514 g/mol. The Morgan fingerprint density at radius 3 is 2.14 bits per heavy atom. The molecule has 0 radical (unpaired) electrons. The molecule has 178 valence electrons. The molecule has 1 aliphatic heterocycles. The number of carbonyl (C=O) groups is 4. The number of nitro benzene ring substituents is 1. The largest absolute Gasteiger partial charge is 0.292 e. The number of hydrogen-bond acceptors (Lipinski definition) is 6. The Hall–Kier alpha value is -3.56. The van der Waals surface area contributed by atoms with Gasteiger partial charge in [-0.1, -0.05) is 35.4 Å². The minimum Gasteiger partial charge on any atom is -0.292 e. The van der Waals surface area contributed by atoms with Crippen molar-refractivity contribution in [2.45, 2.75) is 6.42 Å². The first-order valence-corrected chi connectivity index (χ1v) is 11.5. The van der Waals surface area contributed by atoms with Crippen LogP contribution in [0.15, 0.2) is 54.6 Å². The smallest absolute Gasteiger partial charge is 0.273 e. The molecule has 5 rings (SSSR count). The summed E-state index contributed by atoms with van der Waals surface area (Å²) >= 11 is 12.1. The molecule has 3 aliphatic rings. The molecule has 11 heteroatoms. The highest BCUT2D eigenvalue weighted by atomic mass is 35.5. The fourth-order valence-electron chi connectivity index (χ4n) is 5.17. The van der Waals surface area contributed by atoms with E-state index in [1.807, 2.05) is 12.2 Å². The molecule has 2 bridgehead atoms. The van der Waals surface area contributed by atoms with E-state index < -0.39 is 46.8 Å². The SMILES string of the molecule is O=C(CN(C(=O)c1ccc([N+](=O)[O-])cc1)N1C(=O)[C@H]2[C@H](C1=O)[C@H]1C=C[C@H]2C1)c1ccc(Cl)cc1Cl. The van der Waals surface area contributed by atoms with E-state index in [-0.39, 0.29) is 33.7 Å². The molecule has 3 amide bonds. The Bertz CT molecular complexity index is 1300. The van der Waals surface area contributed by atoms with Gasteiger partial charge in [0.05, 0.1) is 21.8 Å². The van der Waals surface area contributed by atoms with Gasteiger partial charge in [-0.05, 0) is 48.6 Å². The first-order chi connectivity index (χ1) is 16.7. The molecule has 0 N–H and O–H groups in total. The molecular weight excluding hydrogens is 497 g/mol. The maximum absolute atomic E-state index is 13.5. The number of allylic oxidation sites excluding steroid dienone is 2. The van der Waals surface area contributed by atoms with Gasteiger partial charge in [0.15, 0.2) is 5.78 Å². The predicted molar refractivity (Wildman–Crippen MR) is 124 cm³/mol. The summed E-state index contributed by atoms with van der Waals surface area (Å²) in [4.78, 5) is 63.8. The van der Waals surface area contributed by atoms with Crippen LogP contribution in [0.5, 0.6) is 0 Å². The number of imide groups is 1. The van der Waals surface area contributed by atoms with Gasteiger partial charge < -0.3 is 0 Å². The molecule has 2 aromatic carbocycles. The summed E-state index contributed by atoms with van der Waals surface area (Å²) in [7, 11) is 0. The Labute approximate surface area is 209 Å². The second kappa shape index (κ2) is 8.58. The van der Waals surface area contributed by atoms with Crippen LogP contribution < -0.4 is 0 Å². The van der Waals surface area contributed by atoms with Crippen LogP contribution in [0.1, 0.15) is 27.1 Å². The van der Waals surface area contributed by atoms with Crippen LogP contribution in [-0.4, -0.2) is 45.0 Å². The zero-order valence-corrected chi connectivity index (χ0v) is 19.5. The summed E-state index contributed by atoms with van der Waals surface area (Å²) in [5.74, 6) is -3.86. The number of ketones is 1. The molecule has 2 aromatic rings. The van der Waals surface area contributed by atoms with Gasteiger partial charge in [-0.25, -0.2) is 5.01 Å². The van der Waals surface area contributed by atoms with Gasteiger partial charge in [0, 0.05) is 28.3 Å². The van der Waals surface area contributed by atoms with Gasteiger partial charge in [0.2, 0.25) is 0 Å². The van der Waals surface area contributed by atoms with E-state index in [0.717, 1.165) is 22.2 Å². The third kappa shape index (κ3) is 3.81. The number of hydrazine groups is 1. The maximum atomic E-state index is 13.5.